The molecule has 1 aromatic rings. The van der Waals surface area contributed by atoms with Gasteiger partial charge in [-0.05, 0) is 33.6 Å². The zero-order chi connectivity index (χ0) is 18.0. The standard InChI is InChI=1S/C16H28N4O3S/c1-5-6-7-10-13-19-20-14(24-13)18-12(21)9-8-11-17-15(22)23-16(2,3)4/h5-11H2,1-4H3,(H,17,22)(H,18,20,21). The van der Waals surface area contributed by atoms with Crippen LogP contribution in [0.4, 0.5) is 9.93 Å². The Morgan fingerprint density at radius 3 is 2.58 bits per heavy atom. The molecule has 0 radical (unpaired) electrons. The number of ether oxygens (including phenoxy) is 1. The van der Waals surface area contributed by atoms with Crippen LogP contribution < -0.4 is 10.6 Å². The average Bonchev–Trinajstić information content (AvgIpc) is 2.89. The van der Waals surface area contributed by atoms with Gasteiger partial charge >= 0.3 is 6.09 Å². The van der Waals surface area contributed by atoms with E-state index >= 15 is 0 Å². The molecule has 2 amide bonds. The maximum absolute atomic E-state index is 11.8. The second-order valence-corrected chi connectivity index (χ2v) is 7.60. The predicted molar refractivity (Wildman–Crippen MR) is 95.2 cm³/mol. The van der Waals surface area contributed by atoms with Gasteiger partial charge in [0.1, 0.15) is 10.6 Å². The first-order chi connectivity index (χ1) is 11.3. The van der Waals surface area contributed by atoms with Crippen LogP contribution in [0.2, 0.25) is 0 Å². The van der Waals surface area contributed by atoms with Gasteiger partial charge in [0.2, 0.25) is 11.0 Å². The van der Waals surface area contributed by atoms with E-state index in [1.165, 1.54) is 24.2 Å². The van der Waals surface area contributed by atoms with Crippen molar-refractivity contribution < 1.29 is 14.3 Å². The summed E-state index contributed by atoms with van der Waals surface area (Å²) in [6.07, 6.45) is 4.71. The van der Waals surface area contributed by atoms with Gasteiger partial charge < -0.3 is 15.4 Å². The van der Waals surface area contributed by atoms with Crippen molar-refractivity contribution in [3.05, 3.63) is 5.01 Å². The lowest BCUT2D eigenvalue weighted by Crippen LogP contribution is -2.33. The number of carbonyl (C=O) groups excluding carboxylic acids is 2. The fraction of sp³-hybridized carbons (Fsp3) is 0.750. The highest BCUT2D eigenvalue weighted by molar-refractivity contribution is 7.15. The Hall–Kier alpha value is -1.70. The van der Waals surface area contributed by atoms with Gasteiger partial charge in [-0.3, -0.25) is 4.79 Å². The minimum Gasteiger partial charge on any atom is -0.444 e. The second kappa shape index (κ2) is 10.2. The fourth-order valence-electron chi connectivity index (χ4n) is 1.87. The zero-order valence-corrected chi connectivity index (χ0v) is 15.8. The normalized spacial score (nSPS) is 11.2. The molecule has 0 unspecified atom stereocenters. The van der Waals surface area contributed by atoms with E-state index in [-0.39, 0.29) is 5.91 Å². The lowest BCUT2D eigenvalue weighted by Gasteiger charge is -2.19. The van der Waals surface area contributed by atoms with Gasteiger partial charge in [-0.15, -0.1) is 10.2 Å². The molecule has 2 N–H and O–H groups in total. The molecule has 0 aliphatic carbocycles. The number of rotatable bonds is 9. The summed E-state index contributed by atoms with van der Waals surface area (Å²) < 4.78 is 5.12. The molecule has 136 valence electrons. The Bertz CT molecular complexity index is 526. The molecule has 1 aromatic heterocycles. The summed E-state index contributed by atoms with van der Waals surface area (Å²) in [4.78, 5) is 23.3. The Labute approximate surface area is 147 Å². The van der Waals surface area contributed by atoms with Crippen molar-refractivity contribution >= 4 is 28.5 Å². The molecular formula is C16H28N4O3S. The molecule has 0 spiro atoms. The van der Waals surface area contributed by atoms with Crippen molar-refractivity contribution in [1.82, 2.24) is 15.5 Å². The summed E-state index contributed by atoms with van der Waals surface area (Å²) in [5, 5.41) is 14.9. The van der Waals surface area contributed by atoms with Crippen LogP contribution in [-0.4, -0.2) is 34.3 Å². The number of aryl methyl sites for hydroxylation is 1. The molecule has 7 nitrogen and oxygen atoms in total. The lowest BCUT2D eigenvalue weighted by molar-refractivity contribution is -0.116. The SMILES string of the molecule is CCCCCc1nnc(NC(=O)CCCNC(=O)OC(C)(C)C)s1. The number of nitrogens with one attached hydrogen (secondary N) is 2. The molecule has 1 heterocycles. The molecule has 0 saturated carbocycles. The maximum Gasteiger partial charge on any atom is 0.407 e. The molecule has 0 bridgehead atoms. The Morgan fingerprint density at radius 2 is 1.92 bits per heavy atom. The number of nitrogens with zero attached hydrogens (tertiary/aromatic N) is 2. The number of anilines is 1. The van der Waals surface area contributed by atoms with Crippen LogP contribution in [0.3, 0.4) is 0 Å². The van der Waals surface area contributed by atoms with Crippen molar-refractivity contribution in [2.45, 2.75) is 71.8 Å². The third kappa shape index (κ3) is 9.44. The molecule has 0 saturated heterocycles. The number of carbonyl (C=O) groups is 2. The van der Waals surface area contributed by atoms with Crippen molar-refractivity contribution in [3.8, 4) is 0 Å². The van der Waals surface area contributed by atoms with E-state index in [1.807, 2.05) is 0 Å². The number of alkyl carbamates (subject to hydrolysis) is 1. The summed E-state index contributed by atoms with van der Waals surface area (Å²) in [5.41, 5.74) is -0.520. The highest BCUT2D eigenvalue weighted by Gasteiger charge is 2.15. The summed E-state index contributed by atoms with van der Waals surface area (Å²) >= 11 is 1.42. The van der Waals surface area contributed by atoms with Crippen molar-refractivity contribution in [1.29, 1.82) is 0 Å². The van der Waals surface area contributed by atoms with E-state index in [1.54, 1.807) is 20.8 Å². The summed E-state index contributed by atoms with van der Waals surface area (Å²) in [6, 6.07) is 0. The van der Waals surface area contributed by atoms with Crippen LogP contribution in [0.1, 0.15) is 64.8 Å². The van der Waals surface area contributed by atoms with Gasteiger partial charge in [0, 0.05) is 19.4 Å². The molecule has 8 heteroatoms. The van der Waals surface area contributed by atoms with Gasteiger partial charge in [0.25, 0.3) is 0 Å². The first kappa shape index (κ1) is 20.3. The Morgan fingerprint density at radius 1 is 1.17 bits per heavy atom. The van der Waals surface area contributed by atoms with Crippen molar-refractivity contribution in [2.24, 2.45) is 0 Å². The van der Waals surface area contributed by atoms with E-state index in [0.29, 0.717) is 24.5 Å². The minimum atomic E-state index is -0.520. The van der Waals surface area contributed by atoms with Crippen LogP contribution in [0.5, 0.6) is 0 Å². The molecule has 0 aliphatic rings. The van der Waals surface area contributed by atoms with Crippen LogP contribution in [-0.2, 0) is 16.0 Å². The first-order valence-electron chi connectivity index (χ1n) is 8.39. The summed E-state index contributed by atoms with van der Waals surface area (Å²) in [7, 11) is 0. The molecule has 0 atom stereocenters. The molecular weight excluding hydrogens is 328 g/mol. The average molecular weight is 356 g/mol. The van der Waals surface area contributed by atoms with E-state index in [9.17, 15) is 9.59 Å². The Kier molecular flexibility index (Phi) is 8.67. The first-order valence-corrected chi connectivity index (χ1v) is 9.21. The number of unbranched alkanes of at least 4 members (excludes halogenated alkanes) is 2. The van der Waals surface area contributed by atoms with Gasteiger partial charge in [0.05, 0.1) is 0 Å². The van der Waals surface area contributed by atoms with Gasteiger partial charge in [0.15, 0.2) is 0 Å². The zero-order valence-electron chi connectivity index (χ0n) is 15.0. The summed E-state index contributed by atoms with van der Waals surface area (Å²) in [6.45, 7) is 7.96. The minimum absolute atomic E-state index is 0.128. The van der Waals surface area contributed by atoms with Gasteiger partial charge in [-0.25, -0.2) is 4.79 Å². The molecule has 1 rings (SSSR count). The quantitative estimate of drug-likeness (QED) is 0.660. The van der Waals surface area contributed by atoms with Crippen LogP contribution >= 0.6 is 11.3 Å². The van der Waals surface area contributed by atoms with Crippen LogP contribution in [0.15, 0.2) is 0 Å². The number of amides is 2. The molecule has 0 aromatic carbocycles. The third-order valence-electron chi connectivity index (χ3n) is 2.96. The highest BCUT2D eigenvalue weighted by atomic mass is 32.1. The fourth-order valence-corrected chi connectivity index (χ4v) is 2.66. The smallest absolute Gasteiger partial charge is 0.407 e. The van der Waals surface area contributed by atoms with Gasteiger partial charge in [-0.2, -0.15) is 0 Å². The number of hydrogen-bond donors (Lipinski definition) is 2. The lowest BCUT2D eigenvalue weighted by atomic mass is 10.2. The monoisotopic (exact) mass is 356 g/mol. The maximum atomic E-state index is 11.8. The van der Waals surface area contributed by atoms with Gasteiger partial charge in [-0.1, -0.05) is 31.1 Å². The van der Waals surface area contributed by atoms with E-state index in [2.05, 4.69) is 27.8 Å². The number of aromatic nitrogens is 2. The third-order valence-corrected chi connectivity index (χ3v) is 3.85. The second-order valence-electron chi connectivity index (χ2n) is 6.54. The highest BCUT2D eigenvalue weighted by Crippen LogP contribution is 2.17. The van der Waals surface area contributed by atoms with E-state index in [0.717, 1.165) is 17.8 Å². The van der Waals surface area contributed by atoms with E-state index < -0.39 is 11.7 Å². The predicted octanol–water partition coefficient (Wildman–Crippen LogP) is 3.51. The molecule has 0 fully saturated rings. The van der Waals surface area contributed by atoms with Crippen molar-refractivity contribution in [2.75, 3.05) is 11.9 Å². The van der Waals surface area contributed by atoms with E-state index in [4.69, 9.17) is 4.74 Å². The molecule has 0 aliphatic heterocycles. The number of hydrogen-bond acceptors (Lipinski definition) is 6. The largest absolute Gasteiger partial charge is 0.444 e. The van der Waals surface area contributed by atoms with Crippen molar-refractivity contribution in [3.63, 3.8) is 0 Å². The summed E-state index contributed by atoms with van der Waals surface area (Å²) in [5.74, 6) is -0.128. The molecule has 24 heavy (non-hydrogen) atoms. The topological polar surface area (TPSA) is 93.2 Å². The van der Waals surface area contributed by atoms with Crippen LogP contribution in [0, 0.1) is 0 Å². The van der Waals surface area contributed by atoms with Crippen LogP contribution in [0.25, 0.3) is 0 Å². The Balaban J connectivity index is 2.19.